The van der Waals surface area contributed by atoms with Crippen LogP contribution in [-0.2, 0) is 12.4 Å². The molecule has 2 aromatic rings. The minimum atomic E-state index is -4.65. The normalized spacial score (nSPS) is 12.0. The van der Waals surface area contributed by atoms with Crippen LogP contribution < -0.4 is 10.1 Å². The van der Waals surface area contributed by atoms with Gasteiger partial charge >= 0.3 is 12.4 Å². The predicted octanol–water partition coefficient (Wildman–Crippen LogP) is 4.99. The van der Waals surface area contributed by atoms with Gasteiger partial charge in [0.2, 0.25) is 0 Å². The summed E-state index contributed by atoms with van der Waals surface area (Å²) in [5.74, 6) is -0.979. The van der Waals surface area contributed by atoms with Crippen LogP contribution in [0.4, 0.5) is 32.0 Å². The van der Waals surface area contributed by atoms with Gasteiger partial charge in [-0.1, -0.05) is 0 Å². The Labute approximate surface area is 138 Å². The highest BCUT2D eigenvalue weighted by atomic mass is 19.4. The molecule has 9 heteroatoms. The molecule has 0 spiro atoms. The fourth-order valence-electron chi connectivity index (χ4n) is 1.97. The molecule has 0 saturated heterocycles. The van der Waals surface area contributed by atoms with Crippen molar-refractivity contribution in [3.8, 4) is 5.75 Å². The van der Waals surface area contributed by atoms with Crippen molar-refractivity contribution >= 4 is 11.6 Å². The minimum Gasteiger partial charge on any atom is -0.497 e. The molecule has 0 radical (unpaired) electrons. The smallest absolute Gasteiger partial charge is 0.416 e. The topological polar surface area (TPSA) is 38.3 Å². The van der Waals surface area contributed by atoms with Gasteiger partial charge in [-0.25, -0.2) is 0 Å². The maximum Gasteiger partial charge on any atom is 0.416 e. The Morgan fingerprint density at radius 2 is 1.44 bits per heavy atom. The lowest BCUT2D eigenvalue weighted by Crippen LogP contribution is -2.14. The van der Waals surface area contributed by atoms with Crippen LogP contribution >= 0.6 is 0 Å². The molecule has 0 unspecified atom stereocenters. The van der Waals surface area contributed by atoms with Crippen LogP contribution in [0.15, 0.2) is 42.5 Å². The zero-order valence-electron chi connectivity index (χ0n) is 12.6. The lowest BCUT2D eigenvalue weighted by atomic mass is 10.1. The summed E-state index contributed by atoms with van der Waals surface area (Å²) >= 11 is 0. The highest BCUT2D eigenvalue weighted by Crippen LogP contribution is 2.34. The summed E-state index contributed by atoms with van der Waals surface area (Å²) in [5.41, 5.74) is -2.31. The lowest BCUT2D eigenvalue weighted by molar-refractivity contribution is -0.138. The average molecular weight is 363 g/mol. The Morgan fingerprint density at radius 3 is 1.92 bits per heavy atom. The first kappa shape index (κ1) is 18.6. The van der Waals surface area contributed by atoms with E-state index < -0.39 is 29.4 Å². The second-order valence-electron chi connectivity index (χ2n) is 4.98. The number of benzene rings is 2. The van der Waals surface area contributed by atoms with E-state index in [1.807, 2.05) is 0 Å². The summed E-state index contributed by atoms with van der Waals surface area (Å²) < 4.78 is 80.7. The molecule has 25 heavy (non-hydrogen) atoms. The molecule has 0 aliphatic carbocycles. The molecular weight excluding hydrogens is 352 g/mol. The Bertz CT molecular complexity index is 766. The molecule has 0 aromatic heterocycles. The highest BCUT2D eigenvalue weighted by molar-refractivity contribution is 6.04. The van der Waals surface area contributed by atoms with E-state index in [9.17, 15) is 31.1 Å². The number of carbonyl (C=O) groups is 1. The van der Waals surface area contributed by atoms with Gasteiger partial charge in [-0.05, 0) is 36.4 Å². The third kappa shape index (κ3) is 4.65. The molecule has 0 aliphatic rings. The quantitative estimate of drug-likeness (QED) is 0.781. The van der Waals surface area contributed by atoms with Crippen LogP contribution in [0.25, 0.3) is 0 Å². The SMILES string of the molecule is COc1cc(NC(=O)c2ccc(C(F)(F)F)cc2)cc(C(F)(F)F)c1. The van der Waals surface area contributed by atoms with Crippen molar-refractivity contribution in [3.63, 3.8) is 0 Å². The molecule has 0 heterocycles. The number of carbonyl (C=O) groups excluding carboxylic acids is 1. The van der Waals surface area contributed by atoms with Crippen LogP contribution in [0.2, 0.25) is 0 Å². The summed E-state index contributed by atoms with van der Waals surface area (Å²) in [6.07, 6.45) is -9.20. The van der Waals surface area contributed by atoms with Crippen molar-refractivity contribution in [2.45, 2.75) is 12.4 Å². The Kier molecular flexibility index (Phi) is 4.96. The number of methoxy groups -OCH3 is 1. The molecule has 0 bridgehead atoms. The van der Waals surface area contributed by atoms with Crippen molar-refractivity contribution in [2.75, 3.05) is 12.4 Å². The fraction of sp³-hybridized carbons (Fsp3) is 0.188. The van der Waals surface area contributed by atoms with Gasteiger partial charge in [0.1, 0.15) is 5.75 Å². The number of hydrogen-bond acceptors (Lipinski definition) is 2. The molecule has 2 aromatic carbocycles. The van der Waals surface area contributed by atoms with Crippen LogP contribution in [-0.4, -0.2) is 13.0 Å². The largest absolute Gasteiger partial charge is 0.497 e. The maximum absolute atomic E-state index is 12.8. The van der Waals surface area contributed by atoms with E-state index in [1.54, 1.807) is 0 Å². The van der Waals surface area contributed by atoms with Gasteiger partial charge in [-0.3, -0.25) is 4.79 Å². The number of ether oxygens (including phenoxy) is 1. The van der Waals surface area contributed by atoms with E-state index in [2.05, 4.69) is 5.32 Å². The third-order valence-electron chi connectivity index (χ3n) is 3.20. The third-order valence-corrected chi connectivity index (χ3v) is 3.20. The van der Waals surface area contributed by atoms with Crippen molar-refractivity contribution < 1.29 is 35.9 Å². The van der Waals surface area contributed by atoms with Crippen molar-refractivity contribution in [1.82, 2.24) is 0 Å². The van der Waals surface area contributed by atoms with Crippen LogP contribution in [0.5, 0.6) is 5.75 Å². The van der Waals surface area contributed by atoms with Gasteiger partial charge in [-0.15, -0.1) is 0 Å². The van der Waals surface area contributed by atoms with E-state index in [4.69, 9.17) is 4.74 Å². The number of anilines is 1. The molecule has 0 fully saturated rings. The molecule has 2 rings (SSSR count). The van der Waals surface area contributed by atoms with Crippen molar-refractivity contribution in [2.24, 2.45) is 0 Å². The minimum absolute atomic E-state index is 0.127. The van der Waals surface area contributed by atoms with Crippen LogP contribution in [0.1, 0.15) is 21.5 Å². The second kappa shape index (κ2) is 6.66. The summed E-state index contributed by atoms with van der Waals surface area (Å²) in [6.45, 7) is 0. The van der Waals surface area contributed by atoms with Crippen molar-refractivity contribution in [1.29, 1.82) is 0 Å². The highest BCUT2D eigenvalue weighted by Gasteiger charge is 2.32. The van der Waals surface area contributed by atoms with Gasteiger partial charge in [0.05, 0.1) is 18.2 Å². The number of halogens is 6. The molecule has 1 amide bonds. The molecule has 0 saturated carbocycles. The standard InChI is InChI=1S/C16H11F6NO2/c1-25-13-7-11(16(20,21)22)6-12(8-13)23-14(24)9-2-4-10(5-3-9)15(17,18)19/h2-8H,1H3,(H,23,24). The molecule has 0 atom stereocenters. The zero-order chi connectivity index (χ0) is 18.8. The summed E-state index contributed by atoms with van der Waals surface area (Å²) in [5, 5.41) is 2.20. The molecule has 1 N–H and O–H groups in total. The summed E-state index contributed by atoms with van der Waals surface area (Å²) in [6, 6.07) is 5.91. The van der Waals surface area contributed by atoms with Crippen LogP contribution in [0, 0.1) is 0 Å². The van der Waals surface area contributed by atoms with Crippen molar-refractivity contribution in [3.05, 3.63) is 59.2 Å². The maximum atomic E-state index is 12.8. The number of nitrogens with one attached hydrogen (secondary N) is 1. The number of hydrogen-bond donors (Lipinski definition) is 1. The monoisotopic (exact) mass is 363 g/mol. The molecule has 0 aliphatic heterocycles. The van der Waals surface area contributed by atoms with E-state index >= 15 is 0 Å². The van der Waals surface area contributed by atoms with Gasteiger partial charge in [-0.2, -0.15) is 26.3 Å². The lowest BCUT2D eigenvalue weighted by Gasteiger charge is -2.13. The Balaban J connectivity index is 2.25. The predicted molar refractivity (Wildman–Crippen MR) is 77.4 cm³/mol. The summed E-state index contributed by atoms with van der Waals surface area (Å²) in [4.78, 5) is 12.0. The van der Waals surface area contributed by atoms with E-state index in [1.165, 1.54) is 0 Å². The zero-order valence-corrected chi connectivity index (χ0v) is 12.6. The van der Waals surface area contributed by atoms with Gasteiger partial charge in [0, 0.05) is 17.3 Å². The molecular formula is C16H11F6NO2. The summed E-state index contributed by atoms with van der Waals surface area (Å²) in [7, 11) is 1.16. The van der Waals surface area contributed by atoms with E-state index in [-0.39, 0.29) is 17.0 Å². The second-order valence-corrected chi connectivity index (χ2v) is 4.98. The van der Waals surface area contributed by atoms with E-state index in [0.717, 1.165) is 31.4 Å². The van der Waals surface area contributed by atoms with Gasteiger partial charge in [0.25, 0.3) is 5.91 Å². The number of rotatable bonds is 3. The molecule has 134 valence electrons. The average Bonchev–Trinajstić information content (AvgIpc) is 2.53. The van der Waals surface area contributed by atoms with Crippen LogP contribution in [0.3, 0.4) is 0 Å². The van der Waals surface area contributed by atoms with Gasteiger partial charge in [0.15, 0.2) is 0 Å². The Hall–Kier alpha value is -2.71. The first-order valence-electron chi connectivity index (χ1n) is 6.75. The van der Waals surface area contributed by atoms with E-state index in [0.29, 0.717) is 18.2 Å². The first-order chi connectivity index (χ1) is 11.5. The number of amides is 1. The number of alkyl halides is 6. The molecule has 3 nitrogen and oxygen atoms in total. The Morgan fingerprint density at radius 1 is 0.880 bits per heavy atom. The fourth-order valence-corrected chi connectivity index (χ4v) is 1.97. The first-order valence-corrected chi connectivity index (χ1v) is 6.75. The van der Waals surface area contributed by atoms with Gasteiger partial charge < -0.3 is 10.1 Å².